The SMILES string of the molecule is Cc1c(Cl)cccc1NC(=O)C1CCN(C(=O)c2ccccc2)CC1. The van der Waals surface area contributed by atoms with E-state index >= 15 is 0 Å². The summed E-state index contributed by atoms with van der Waals surface area (Å²) in [5.41, 5.74) is 2.31. The van der Waals surface area contributed by atoms with Crippen molar-refractivity contribution in [3.8, 4) is 0 Å². The van der Waals surface area contributed by atoms with Crippen LogP contribution in [0.15, 0.2) is 48.5 Å². The quantitative estimate of drug-likeness (QED) is 0.898. The van der Waals surface area contributed by atoms with E-state index in [0.29, 0.717) is 36.5 Å². The molecule has 4 nitrogen and oxygen atoms in total. The van der Waals surface area contributed by atoms with E-state index < -0.39 is 0 Å². The fraction of sp³-hybridized carbons (Fsp3) is 0.300. The molecule has 0 aliphatic carbocycles. The highest BCUT2D eigenvalue weighted by atomic mass is 35.5. The summed E-state index contributed by atoms with van der Waals surface area (Å²) < 4.78 is 0. The zero-order valence-corrected chi connectivity index (χ0v) is 14.9. The number of rotatable bonds is 3. The molecule has 2 amide bonds. The van der Waals surface area contributed by atoms with E-state index in [9.17, 15) is 9.59 Å². The third-order valence-electron chi connectivity index (χ3n) is 4.70. The number of halogens is 1. The lowest BCUT2D eigenvalue weighted by molar-refractivity contribution is -0.121. The predicted molar refractivity (Wildman–Crippen MR) is 99.9 cm³/mol. The van der Waals surface area contributed by atoms with Gasteiger partial charge in [0, 0.05) is 35.3 Å². The van der Waals surface area contributed by atoms with Crippen LogP contribution in [0.2, 0.25) is 5.02 Å². The summed E-state index contributed by atoms with van der Waals surface area (Å²) in [6, 6.07) is 14.7. The van der Waals surface area contributed by atoms with Gasteiger partial charge in [-0.3, -0.25) is 9.59 Å². The largest absolute Gasteiger partial charge is 0.339 e. The van der Waals surface area contributed by atoms with Gasteiger partial charge in [-0.05, 0) is 49.6 Å². The molecule has 1 aliphatic heterocycles. The summed E-state index contributed by atoms with van der Waals surface area (Å²) in [6.07, 6.45) is 1.34. The van der Waals surface area contributed by atoms with Crippen LogP contribution in [0.25, 0.3) is 0 Å². The van der Waals surface area contributed by atoms with E-state index in [-0.39, 0.29) is 17.7 Å². The van der Waals surface area contributed by atoms with E-state index in [1.54, 1.807) is 6.07 Å². The Morgan fingerprint density at radius 1 is 1.04 bits per heavy atom. The Kier molecular flexibility index (Phi) is 5.39. The average molecular weight is 357 g/mol. The summed E-state index contributed by atoms with van der Waals surface area (Å²) in [5.74, 6) is -0.0551. The molecule has 2 aromatic rings. The molecule has 25 heavy (non-hydrogen) atoms. The first-order chi connectivity index (χ1) is 12.1. The standard InChI is InChI=1S/C20H21ClN2O2/c1-14-17(21)8-5-9-18(14)22-19(24)15-10-12-23(13-11-15)20(25)16-6-3-2-4-7-16/h2-9,15H,10-13H2,1H3,(H,22,24). The summed E-state index contributed by atoms with van der Waals surface area (Å²) in [6.45, 7) is 3.08. The van der Waals surface area contributed by atoms with Gasteiger partial charge in [-0.15, -0.1) is 0 Å². The van der Waals surface area contributed by atoms with Crippen molar-refractivity contribution in [2.45, 2.75) is 19.8 Å². The van der Waals surface area contributed by atoms with Crippen LogP contribution in [-0.2, 0) is 4.79 Å². The van der Waals surface area contributed by atoms with Gasteiger partial charge >= 0.3 is 0 Å². The second-order valence-electron chi connectivity index (χ2n) is 6.33. The molecule has 5 heteroatoms. The van der Waals surface area contributed by atoms with Crippen molar-refractivity contribution in [2.75, 3.05) is 18.4 Å². The smallest absolute Gasteiger partial charge is 0.253 e. The van der Waals surface area contributed by atoms with Crippen molar-refractivity contribution in [3.63, 3.8) is 0 Å². The third-order valence-corrected chi connectivity index (χ3v) is 5.11. The summed E-state index contributed by atoms with van der Waals surface area (Å²) >= 11 is 6.10. The number of amides is 2. The monoisotopic (exact) mass is 356 g/mol. The Morgan fingerprint density at radius 2 is 1.72 bits per heavy atom. The number of nitrogens with zero attached hydrogens (tertiary/aromatic N) is 1. The van der Waals surface area contributed by atoms with Crippen LogP contribution in [0.4, 0.5) is 5.69 Å². The van der Waals surface area contributed by atoms with Crippen LogP contribution in [0.3, 0.4) is 0 Å². The first kappa shape index (κ1) is 17.5. The zero-order chi connectivity index (χ0) is 17.8. The molecular weight excluding hydrogens is 336 g/mol. The van der Waals surface area contributed by atoms with Crippen LogP contribution in [0.1, 0.15) is 28.8 Å². The molecule has 0 saturated carbocycles. The topological polar surface area (TPSA) is 49.4 Å². The summed E-state index contributed by atoms with van der Waals surface area (Å²) in [7, 11) is 0. The van der Waals surface area contributed by atoms with Crippen molar-refractivity contribution in [3.05, 3.63) is 64.7 Å². The number of carbonyl (C=O) groups excluding carboxylic acids is 2. The van der Waals surface area contributed by atoms with Gasteiger partial charge in [0.25, 0.3) is 5.91 Å². The highest BCUT2D eigenvalue weighted by Crippen LogP contribution is 2.25. The molecule has 3 rings (SSSR count). The molecular formula is C20H21ClN2O2. The number of hydrogen-bond donors (Lipinski definition) is 1. The van der Waals surface area contributed by atoms with Crippen molar-refractivity contribution in [2.24, 2.45) is 5.92 Å². The Bertz CT molecular complexity index is 769. The van der Waals surface area contributed by atoms with Crippen molar-refractivity contribution in [1.82, 2.24) is 4.90 Å². The van der Waals surface area contributed by atoms with Gasteiger partial charge in [-0.25, -0.2) is 0 Å². The van der Waals surface area contributed by atoms with Crippen LogP contribution in [-0.4, -0.2) is 29.8 Å². The summed E-state index contributed by atoms with van der Waals surface area (Å²) in [5, 5.41) is 3.61. The van der Waals surface area contributed by atoms with Gasteiger partial charge in [0.1, 0.15) is 0 Å². The number of anilines is 1. The fourth-order valence-electron chi connectivity index (χ4n) is 3.09. The Balaban J connectivity index is 1.58. The average Bonchev–Trinajstić information content (AvgIpc) is 2.65. The Hall–Kier alpha value is -2.33. The van der Waals surface area contributed by atoms with E-state index in [4.69, 9.17) is 11.6 Å². The number of nitrogens with one attached hydrogen (secondary N) is 1. The van der Waals surface area contributed by atoms with Gasteiger partial charge in [0.2, 0.25) is 5.91 Å². The molecule has 0 unspecified atom stereocenters. The maximum Gasteiger partial charge on any atom is 0.253 e. The summed E-state index contributed by atoms with van der Waals surface area (Å²) in [4.78, 5) is 26.8. The minimum atomic E-state index is -0.0850. The molecule has 1 fully saturated rings. The Morgan fingerprint density at radius 3 is 2.40 bits per heavy atom. The number of hydrogen-bond acceptors (Lipinski definition) is 2. The lowest BCUT2D eigenvalue weighted by atomic mass is 9.95. The number of benzene rings is 2. The molecule has 0 radical (unpaired) electrons. The zero-order valence-electron chi connectivity index (χ0n) is 14.2. The lowest BCUT2D eigenvalue weighted by Crippen LogP contribution is -2.41. The van der Waals surface area contributed by atoms with Gasteiger partial charge in [0.05, 0.1) is 0 Å². The molecule has 0 spiro atoms. The number of piperidine rings is 1. The second kappa shape index (κ2) is 7.70. The second-order valence-corrected chi connectivity index (χ2v) is 6.74. The molecule has 2 aromatic carbocycles. The Labute approximate surface area is 152 Å². The van der Waals surface area contributed by atoms with E-state index in [1.165, 1.54) is 0 Å². The van der Waals surface area contributed by atoms with Gasteiger partial charge in [-0.1, -0.05) is 35.9 Å². The van der Waals surface area contributed by atoms with Gasteiger partial charge in [-0.2, -0.15) is 0 Å². The van der Waals surface area contributed by atoms with Crippen LogP contribution in [0.5, 0.6) is 0 Å². The fourth-order valence-corrected chi connectivity index (χ4v) is 3.26. The van der Waals surface area contributed by atoms with Crippen molar-refractivity contribution in [1.29, 1.82) is 0 Å². The molecule has 0 bridgehead atoms. The van der Waals surface area contributed by atoms with Crippen molar-refractivity contribution >= 4 is 29.1 Å². The molecule has 1 aliphatic rings. The molecule has 1 N–H and O–H groups in total. The highest BCUT2D eigenvalue weighted by molar-refractivity contribution is 6.31. The minimum Gasteiger partial charge on any atom is -0.339 e. The van der Waals surface area contributed by atoms with Gasteiger partial charge < -0.3 is 10.2 Å². The third kappa shape index (κ3) is 4.02. The molecule has 0 aromatic heterocycles. The van der Waals surface area contributed by atoms with Crippen LogP contribution in [0, 0.1) is 12.8 Å². The van der Waals surface area contributed by atoms with E-state index in [2.05, 4.69) is 5.32 Å². The van der Waals surface area contributed by atoms with E-state index in [1.807, 2.05) is 54.3 Å². The molecule has 0 atom stereocenters. The molecule has 1 heterocycles. The normalized spacial score (nSPS) is 15.0. The highest BCUT2D eigenvalue weighted by Gasteiger charge is 2.28. The lowest BCUT2D eigenvalue weighted by Gasteiger charge is -2.31. The van der Waals surface area contributed by atoms with Crippen molar-refractivity contribution < 1.29 is 9.59 Å². The minimum absolute atomic E-state index is 0.00261. The number of likely N-dealkylation sites (tertiary alicyclic amines) is 1. The first-order valence-corrected chi connectivity index (χ1v) is 8.84. The maximum atomic E-state index is 12.5. The number of carbonyl (C=O) groups is 2. The molecule has 1 saturated heterocycles. The predicted octanol–water partition coefficient (Wildman–Crippen LogP) is 4.14. The first-order valence-electron chi connectivity index (χ1n) is 8.46. The maximum absolute atomic E-state index is 12.5. The van der Waals surface area contributed by atoms with Crippen LogP contribution >= 0.6 is 11.6 Å². The van der Waals surface area contributed by atoms with Gasteiger partial charge in [0.15, 0.2) is 0 Å². The molecule has 130 valence electrons. The van der Waals surface area contributed by atoms with E-state index in [0.717, 1.165) is 11.3 Å². The van der Waals surface area contributed by atoms with Crippen LogP contribution < -0.4 is 5.32 Å².